The fourth-order valence-electron chi connectivity index (χ4n) is 2.33. The molecule has 21 heavy (non-hydrogen) atoms. The van der Waals surface area contributed by atoms with Crippen LogP contribution >= 0.6 is 0 Å². The van der Waals surface area contributed by atoms with Gasteiger partial charge in [0, 0.05) is 17.4 Å². The third-order valence-electron chi connectivity index (χ3n) is 3.35. The molecule has 3 heteroatoms. The van der Waals surface area contributed by atoms with E-state index in [9.17, 15) is 0 Å². The minimum Gasteiger partial charge on any atom is -0.492 e. The Morgan fingerprint density at radius 2 is 1.62 bits per heavy atom. The summed E-state index contributed by atoms with van der Waals surface area (Å²) in [6.07, 6.45) is 0. The van der Waals surface area contributed by atoms with Crippen LogP contribution in [-0.4, -0.2) is 6.61 Å². The van der Waals surface area contributed by atoms with E-state index in [-0.39, 0.29) is 0 Å². The second-order valence-electron chi connectivity index (χ2n) is 4.87. The van der Waals surface area contributed by atoms with Gasteiger partial charge < -0.3 is 15.8 Å². The van der Waals surface area contributed by atoms with Crippen LogP contribution in [0.1, 0.15) is 6.92 Å². The van der Waals surface area contributed by atoms with Gasteiger partial charge in [0.2, 0.25) is 0 Å². The molecule has 0 saturated carbocycles. The highest BCUT2D eigenvalue weighted by Gasteiger charge is 2.03. The predicted octanol–water partition coefficient (Wildman–Crippen LogP) is 4.56. The number of hydrogen-bond donors (Lipinski definition) is 2. The first-order valence-electron chi connectivity index (χ1n) is 7.04. The summed E-state index contributed by atoms with van der Waals surface area (Å²) in [5.74, 6) is 0.711. The van der Waals surface area contributed by atoms with Gasteiger partial charge in [0.05, 0.1) is 12.3 Å². The number of hydrogen-bond acceptors (Lipinski definition) is 3. The smallest absolute Gasteiger partial charge is 0.144 e. The molecule has 0 aliphatic carbocycles. The molecule has 3 nitrogen and oxygen atoms in total. The molecule has 0 heterocycles. The summed E-state index contributed by atoms with van der Waals surface area (Å²) >= 11 is 0. The van der Waals surface area contributed by atoms with Gasteiger partial charge >= 0.3 is 0 Å². The van der Waals surface area contributed by atoms with Gasteiger partial charge in [-0.15, -0.1) is 0 Å². The second-order valence-corrected chi connectivity index (χ2v) is 4.87. The molecule has 0 bridgehead atoms. The Kier molecular flexibility index (Phi) is 3.65. The van der Waals surface area contributed by atoms with Crippen molar-refractivity contribution in [1.82, 2.24) is 0 Å². The van der Waals surface area contributed by atoms with Crippen LogP contribution in [0.25, 0.3) is 10.8 Å². The van der Waals surface area contributed by atoms with Crippen LogP contribution in [0.2, 0.25) is 0 Å². The van der Waals surface area contributed by atoms with Gasteiger partial charge in [0.25, 0.3) is 0 Å². The van der Waals surface area contributed by atoms with Crippen LogP contribution in [0, 0.1) is 0 Å². The Morgan fingerprint density at radius 3 is 2.43 bits per heavy atom. The Bertz CT molecular complexity index is 768. The molecule has 0 spiro atoms. The van der Waals surface area contributed by atoms with Gasteiger partial charge in [-0.2, -0.15) is 0 Å². The lowest BCUT2D eigenvalue weighted by atomic mass is 10.1. The monoisotopic (exact) mass is 278 g/mol. The quantitative estimate of drug-likeness (QED) is 0.687. The van der Waals surface area contributed by atoms with Gasteiger partial charge in [-0.1, -0.05) is 30.3 Å². The fraction of sp³-hybridized carbons (Fsp3) is 0.111. The van der Waals surface area contributed by atoms with Crippen molar-refractivity contribution in [3.8, 4) is 5.75 Å². The zero-order valence-corrected chi connectivity index (χ0v) is 12.0. The molecule has 0 aliphatic rings. The largest absolute Gasteiger partial charge is 0.492 e. The Labute approximate surface area is 124 Å². The number of anilines is 3. The third kappa shape index (κ3) is 2.92. The van der Waals surface area contributed by atoms with Crippen molar-refractivity contribution in [2.24, 2.45) is 0 Å². The number of nitrogens with two attached hydrogens (primary N) is 1. The first-order valence-corrected chi connectivity index (χ1v) is 7.04. The third-order valence-corrected chi connectivity index (χ3v) is 3.35. The zero-order chi connectivity index (χ0) is 14.7. The maximum atomic E-state index is 5.89. The SMILES string of the molecule is CCOc1cc(Nc2ccc3ccccc3c2)ccc1N. The molecule has 3 N–H and O–H groups in total. The summed E-state index contributed by atoms with van der Waals surface area (Å²) in [5.41, 5.74) is 8.55. The average molecular weight is 278 g/mol. The Hall–Kier alpha value is -2.68. The van der Waals surface area contributed by atoms with Gasteiger partial charge in [-0.25, -0.2) is 0 Å². The van der Waals surface area contributed by atoms with Crippen LogP contribution in [0.4, 0.5) is 17.1 Å². The van der Waals surface area contributed by atoms with Crippen LogP contribution in [0.3, 0.4) is 0 Å². The molecule has 106 valence electrons. The number of fused-ring (bicyclic) bond motifs is 1. The molecule has 0 aromatic heterocycles. The molecule has 0 aliphatic heterocycles. The maximum Gasteiger partial charge on any atom is 0.144 e. The molecule has 0 saturated heterocycles. The van der Waals surface area contributed by atoms with E-state index in [1.54, 1.807) is 0 Å². The number of rotatable bonds is 4. The Morgan fingerprint density at radius 1 is 0.905 bits per heavy atom. The average Bonchev–Trinajstić information content (AvgIpc) is 2.51. The zero-order valence-electron chi connectivity index (χ0n) is 12.0. The molecule has 3 rings (SSSR count). The van der Waals surface area contributed by atoms with Crippen LogP contribution in [-0.2, 0) is 0 Å². The minimum atomic E-state index is 0.601. The first kappa shape index (κ1) is 13.3. The topological polar surface area (TPSA) is 47.3 Å². The molecule has 0 atom stereocenters. The van der Waals surface area contributed by atoms with Crippen molar-refractivity contribution in [3.05, 3.63) is 60.7 Å². The summed E-state index contributed by atoms with van der Waals surface area (Å²) in [6, 6.07) is 20.3. The molecule has 0 radical (unpaired) electrons. The number of nitrogens with one attached hydrogen (secondary N) is 1. The molecular weight excluding hydrogens is 260 g/mol. The van der Waals surface area contributed by atoms with Crippen molar-refractivity contribution >= 4 is 27.8 Å². The maximum absolute atomic E-state index is 5.89. The van der Waals surface area contributed by atoms with E-state index >= 15 is 0 Å². The van der Waals surface area contributed by atoms with Gasteiger partial charge in [-0.05, 0) is 42.0 Å². The lowest BCUT2D eigenvalue weighted by molar-refractivity contribution is 0.342. The van der Waals surface area contributed by atoms with Crippen LogP contribution in [0.5, 0.6) is 5.75 Å². The lowest BCUT2D eigenvalue weighted by Crippen LogP contribution is -1.98. The van der Waals surface area contributed by atoms with E-state index in [2.05, 4.69) is 35.6 Å². The molecule has 3 aromatic carbocycles. The fourth-order valence-corrected chi connectivity index (χ4v) is 2.33. The van der Waals surface area contributed by atoms with Gasteiger partial charge in [-0.3, -0.25) is 0 Å². The van der Waals surface area contributed by atoms with E-state index in [4.69, 9.17) is 10.5 Å². The summed E-state index contributed by atoms with van der Waals surface area (Å²) in [4.78, 5) is 0. The van der Waals surface area contributed by atoms with Crippen LogP contribution < -0.4 is 15.8 Å². The van der Waals surface area contributed by atoms with Crippen molar-refractivity contribution in [3.63, 3.8) is 0 Å². The van der Waals surface area contributed by atoms with E-state index in [0.29, 0.717) is 18.0 Å². The van der Waals surface area contributed by atoms with Crippen molar-refractivity contribution in [1.29, 1.82) is 0 Å². The lowest BCUT2D eigenvalue weighted by Gasteiger charge is -2.11. The van der Waals surface area contributed by atoms with Crippen molar-refractivity contribution in [2.75, 3.05) is 17.7 Å². The standard InChI is InChI=1S/C18H18N2O/c1-2-21-18-12-16(9-10-17(18)19)20-15-8-7-13-5-3-4-6-14(13)11-15/h3-12,20H,2,19H2,1H3. The molecule has 0 unspecified atom stereocenters. The number of ether oxygens (including phenoxy) is 1. The van der Waals surface area contributed by atoms with Gasteiger partial charge in [0.1, 0.15) is 5.75 Å². The molecule has 0 fully saturated rings. The molecule has 0 amide bonds. The predicted molar refractivity (Wildman–Crippen MR) is 89.3 cm³/mol. The summed E-state index contributed by atoms with van der Waals surface area (Å²) in [7, 11) is 0. The first-order chi connectivity index (χ1) is 10.3. The van der Waals surface area contributed by atoms with E-state index in [1.807, 2.05) is 37.3 Å². The van der Waals surface area contributed by atoms with Gasteiger partial charge in [0.15, 0.2) is 0 Å². The normalized spacial score (nSPS) is 10.5. The van der Waals surface area contributed by atoms with Crippen molar-refractivity contribution in [2.45, 2.75) is 6.92 Å². The highest BCUT2D eigenvalue weighted by molar-refractivity contribution is 5.86. The molecular formula is C18H18N2O. The Balaban J connectivity index is 1.89. The summed E-state index contributed by atoms with van der Waals surface area (Å²) in [5, 5.41) is 5.83. The highest BCUT2D eigenvalue weighted by Crippen LogP contribution is 2.28. The minimum absolute atomic E-state index is 0.601. The summed E-state index contributed by atoms with van der Waals surface area (Å²) < 4.78 is 5.52. The van der Waals surface area contributed by atoms with Crippen LogP contribution in [0.15, 0.2) is 60.7 Å². The van der Waals surface area contributed by atoms with E-state index in [0.717, 1.165) is 11.4 Å². The molecule has 3 aromatic rings. The summed E-state index contributed by atoms with van der Waals surface area (Å²) in [6.45, 7) is 2.55. The van der Waals surface area contributed by atoms with E-state index < -0.39 is 0 Å². The number of nitrogen functional groups attached to an aromatic ring is 1. The van der Waals surface area contributed by atoms with Crippen molar-refractivity contribution < 1.29 is 4.74 Å². The van der Waals surface area contributed by atoms with E-state index in [1.165, 1.54) is 10.8 Å². The second kappa shape index (κ2) is 5.75. The number of benzene rings is 3. The highest BCUT2D eigenvalue weighted by atomic mass is 16.5.